The van der Waals surface area contributed by atoms with Gasteiger partial charge in [-0.05, 0) is 69.4 Å². The standard InChI is InChI=1S/C27H25FN4O2.C7H10/c1-3-4-7-21-8-6-11-32(21)27(33)20-13-18(22-9-5-10-24(28)23(22)15-29)12-19(14-20)26-31-16-25(34-26)17(2)30;1-7-5-3-2-4-6-7/h5,9-10,12-14,16-17,21H,3,6,8,11,30H2,1-2H3;2-3,5H,4,6H2,1H3. The average molecular weight is 551 g/mol. The topological polar surface area (TPSA) is 96.2 Å². The first kappa shape index (κ1) is 29.5. The van der Waals surface area contributed by atoms with Crippen LogP contribution in [0.15, 0.2) is 70.8 Å². The van der Waals surface area contributed by atoms with E-state index in [1.54, 1.807) is 42.3 Å². The van der Waals surface area contributed by atoms with Gasteiger partial charge in [0.15, 0.2) is 0 Å². The SMILES string of the molecule is CC1=CC=CCC1.CCC#CC1CCCN1C(=O)c1cc(-c2ncc(C(C)N)o2)cc(-c2cccc(F)c2C#N)c1. The molecule has 41 heavy (non-hydrogen) atoms. The molecule has 1 aromatic heterocycles. The summed E-state index contributed by atoms with van der Waals surface area (Å²) >= 11 is 0. The molecule has 5 rings (SSSR count). The van der Waals surface area contributed by atoms with Crippen LogP contribution in [0, 0.1) is 29.0 Å². The van der Waals surface area contributed by atoms with Gasteiger partial charge in [0.05, 0.1) is 23.8 Å². The van der Waals surface area contributed by atoms with Gasteiger partial charge >= 0.3 is 0 Å². The number of hydrogen-bond acceptors (Lipinski definition) is 5. The molecule has 1 fully saturated rings. The summed E-state index contributed by atoms with van der Waals surface area (Å²) in [6.07, 6.45) is 13.0. The van der Waals surface area contributed by atoms with Crippen molar-refractivity contribution < 1.29 is 13.6 Å². The third-order valence-electron chi connectivity index (χ3n) is 7.02. The maximum absolute atomic E-state index is 14.4. The largest absolute Gasteiger partial charge is 0.440 e. The molecule has 1 amide bonds. The molecular weight excluding hydrogens is 515 g/mol. The van der Waals surface area contributed by atoms with E-state index < -0.39 is 5.82 Å². The highest BCUT2D eigenvalue weighted by molar-refractivity contribution is 5.97. The van der Waals surface area contributed by atoms with Crippen LogP contribution in [0.2, 0.25) is 0 Å². The number of aromatic nitrogens is 1. The predicted octanol–water partition coefficient (Wildman–Crippen LogP) is 7.34. The Labute approximate surface area is 241 Å². The lowest BCUT2D eigenvalue weighted by atomic mass is 9.95. The number of halogens is 1. The van der Waals surface area contributed by atoms with E-state index in [4.69, 9.17) is 10.2 Å². The number of carbonyl (C=O) groups is 1. The summed E-state index contributed by atoms with van der Waals surface area (Å²) < 4.78 is 20.2. The maximum Gasteiger partial charge on any atom is 0.254 e. The van der Waals surface area contributed by atoms with Crippen LogP contribution in [-0.2, 0) is 0 Å². The first-order chi connectivity index (χ1) is 19.8. The number of allylic oxidation sites excluding steroid dienone is 4. The molecule has 2 heterocycles. The van der Waals surface area contributed by atoms with Crippen LogP contribution in [0.1, 0.15) is 80.6 Å². The molecule has 210 valence electrons. The second kappa shape index (κ2) is 13.7. The molecule has 1 aliphatic heterocycles. The Morgan fingerprint density at radius 1 is 1.29 bits per heavy atom. The number of amides is 1. The molecule has 2 unspecified atom stereocenters. The molecule has 0 radical (unpaired) electrons. The van der Waals surface area contributed by atoms with Crippen LogP contribution in [0.5, 0.6) is 0 Å². The van der Waals surface area contributed by atoms with Crippen LogP contribution in [0.3, 0.4) is 0 Å². The molecule has 7 heteroatoms. The zero-order chi connectivity index (χ0) is 29.4. The molecule has 1 saturated heterocycles. The van der Waals surface area contributed by atoms with Gasteiger partial charge in [0.25, 0.3) is 5.91 Å². The number of nitrogens with two attached hydrogens (primary N) is 1. The number of hydrogen-bond donors (Lipinski definition) is 1. The van der Waals surface area contributed by atoms with Crippen molar-refractivity contribution in [1.29, 1.82) is 5.26 Å². The predicted molar refractivity (Wildman–Crippen MR) is 159 cm³/mol. The van der Waals surface area contributed by atoms with E-state index in [-0.39, 0.29) is 23.6 Å². The second-order valence-electron chi connectivity index (χ2n) is 10.2. The molecule has 3 aromatic rings. The maximum atomic E-state index is 14.4. The monoisotopic (exact) mass is 550 g/mol. The lowest BCUT2D eigenvalue weighted by molar-refractivity contribution is 0.0766. The summed E-state index contributed by atoms with van der Waals surface area (Å²) in [6, 6.07) is 11.0. The first-order valence-electron chi connectivity index (χ1n) is 14.0. The molecule has 2 N–H and O–H groups in total. The number of rotatable bonds is 4. The molecule has 2 aliphatic rings. The summed E-state index contributed by atoms with van der Waals surface area (Å²) in [7, 11) is 0. The number of oxazole rings is 1. The van der Waals surface area contributed by atoms with Crippen molar-refractivity contribution in [1.82, 2.24) is 9.88 Å². The Bertz CT molecular complexity index is 1570. The highest BCUT2D eigenvalue weighted by atomic mass is 19.1. The first-order valence-corrected chi connectivity index (χ1v) is 14.0. The van der Waals surface area contributed by atoms with Crippen LogP contribution in [0.4, 0.5) is 4.39 Å². The molecule has 0 saturated carbocycles. The van der Waals surface area contributed by atoms with Crippen LogP contribution >= 0.6 is 0 Å². The Balaban J connectivity index is 0.000000483. The summed E-state index contributed by atoms with van der Waals surface area (Å²) in [6.45, 7) is 6.54. The third-order valence-corrected chi connectivity index (χ3v) is 7.02. The molecule has 1 aliphatic carbocycles. The Morgan fingerprint density at radius 3 is 2.73 bits per heavy atom. The fraction of sp³-hybridized carbons (Fsp3) is 0.324. The molecule has 6 nitrogen and oxygen atoms in total. The number of benzene rings is 2. The Kier molecular flexibility index (Phi) is 9.90. The molecule has 0 bridgehead atoms. The highest BCUT2D eigenvalue weighted by Gasteiger charge is 2.29. The second-order valence-corrected chi connectivity index (χ2v) is 10.2. The minimum atomic E-state index is -0.622. The summed E-state index contributed by atoms with van der Waals surface area (Å²) in [5.41, 5.74) is 9.17. The molecule has 0 spiro atoms. The van der Waals surface area contributed by atoms with Crippen molar-refractivity contribution in [3.05, 3.63) is 89.1 Å². The van der Waals surface area contributed by atoms with Gasteiger partial charge in [-0.3, -0.25) is 4.79 Å². The average Bonchev–Trinajstić information content (AvgIpc) is 3.67. The van der Waals surface area contributed by atoms with E-state index in [0.717, 1.165) is 19.3 Å². The van der Waals surface area contributed by atoms with E-state index in [1.165, 1.54) is 30.5 Å². The van der Waals surface area contributed by atoms with Crippen molar-refractivity contribution in [3.63, 3.8) is 0 Å². The van der Waals surface area contributed by atoms with Gasteiger partial charge in [0.2, 0.25) is 5.89 Å². The highest BCUT2D eigenvalue weighted by Crippen LogP contribution is 2.33. The van der Waals surface area contributed by atoms with Gasteiger partial charge in [-0.15, -0.1) is 5.92 Å². The van der Waals surface area contributed by atoms with Crippen molar-refractivity contribution in [2.45, 2.75) is 65.0 Å². The van der Waals surface area contributed by atoms with Crippen LogP contribution < -0.4 is 5.73 Å². The van der Waals surface area contributed by atoms with Gasteiger partial charge in [-0.2, -0.15) is 5.26 Å². The fourth-order valence-corrected chi connectivity index (χ4v) is 4.81. The number of nitrogens with zero attached hydrogens (tertiary/aromatic N) is 3. The summed E-state index contributed by atoms with van der Waals surface area (Å²) in [4.78, 5) is 19.7. The van der Waals surface area contributed by atoms with Crippen molar-refractivity contribution in [2.24, 2.45) is 5.73 Å². The van der Waals surface area contributed by atoms with E-state index in [1.807, 2.05) is 13.0 Å². The number of likely N-dealkylation sites (tertiary alicyclic amines) is 1. The van der Waals surface area contributed by atoms with E-state index >= 15 is 0 Å². The van der Waals surface area contributed by atoms with Gasteiger partial charge in [-0.1, -0.05) is 48.8 Å². The lowest BCUT2D eigenvalue weighted by Crippen LogP contribution is -2.34. The fourth-order valence-electron chi connectivity index (χ4n) is 4.81. The minimum absolute atomic E-state index is 0.0883. The van der Waals surface area contributed by atoms with Crippen LogP contribution in [-0.4, -0.2) is 28.4 Å². The summed E-state index contributed by atoms with van der Waals surface area (Å²) in [5.74, 6) is 6.26. The number of nitriles is 1. The van der Waals surface area contributed by atoms with Crippen molar-refractivity contribution >= 4 is 5.91 Å². The van der Waals surface area contributed by atoms with E-state index in [0.29, 0.717) is 40.4 Å². The van der Waals surface area contributed by atoms with Gasteiger partial charge in [0, 0.05) is 29.7 Å². The quantitative estimate of drug-likeness (QED) is 0.343. The Hall–Kier alpha value is -4.46. The van der Waals surface area contributed by atoms with Gasteiger partial charge in [0.1, 0.15) is 17.6 Å². The minimum Gasteiger partial charge on any atom is -0.440 e. The molecular formula is C34H35FN4O2. The summed E-state index contributed by atoms with van der Waals surface area (Å²) in [5, 5.41) is 9.55. The van der Waals surface area contributed by atoms with E-state index in [9.17, 15) is 14.4 Å². The van der Waals surface area contributed by atoms with Crippen molar-refractivity contribution in [3.8, 4) is 40.5 Å². The molecule has 2 aromatic carbocycles. The lowest BCUT2D eigenvalue weighted by Gasteiger charge is -2.21. The van der Waals surface area contributed by atoms with E-state index in [2.05, 4.69) is 42.0 Å². The van der Waals surface area contributed by atoms with Gasteiger partial charge in [-0.25, -0.2) is 9.37 Å². The van der Waals surface area contributed by atoms with Crippen molar-refractivity contribution in [2.75, 3.05) is 6.54 Å². The zero-order valence-electron chi connectivity index (χ0n) is 23.8. The molecule has 2 atom stereocenters. The normalized spacial score (nSPS) is 16.5. The zero-order valence-corrected chi connectivity index (χ0v) is 23.8. The van der Waals surface area contributed by atoms with Gasteiger partial charge < -0.3 is 15.1 Å². The Morgan fingerprint density at radius 2 is 2.10 bits per heavy atom. The van der Waals surface area contributed by atoms with Crippen LogP contribution in [0.25, 0.3) is 22.6 Å². The third kappa shape index (κ3) is 7.20. The number of carbonyl (C=O) groups excluding carboxylic acids is 1. The smallest absolute Gasteiger partial charge is 0.254 e.